The molecule has 0 spiro atoms. The first-order chi connectivity index (χ1) is 21.3. The van der Waals surface area contributed by atoms with Gasteiger partial charge in [-0.1, -0.05) is 82.9 Å². The highest BCUT2D eigenvalue weighted by molar-refractivity contribution is 5.88. The number of benzene rings is 1. The maximum absolute atomic E-state index is 15.5. The number of aliphatic hydroxyl groups excluding tert-OH is 1. The molecule has 45 heavy (non-hydrogen) atoms. The fourth-order valence-corrected chi connectivity index (χ4v) is 6.88. The molecule has 0 aliphatic heterocycles. The Bertz CT molecular complexity index is 1130. The van der Waals surface area contributed by atoms with Crippen molar-refractivity contribution in [2.45, 2.75) is 109 Å². The Morgan fingerprint density at radius 2 is 1.40 bits per heavy atom. The highest BCUT2D eigenvalue weighted by atomic mass is 19.3. The number of carbonyl (C=O) groups is 2. The van der Waals surface area contributed by atoms with Crippen LogP contribution in [0.4, 0.5) is 17.6 Å². The van der Waals surface area contributed by atoms with Crippen LogP contribution in [0.1, 0.15) is 108 Å². The Balaban J connectivity index is 1.62. The zero-order valence-electron chi connectivity index (χ0n) is 26.8. The highest BCUT2D eigenvalue weighted by Crippen LogP contribution is 2.53. The molecule has 1 atom stereocenters. The van der Waals surface area contributed by atoms with Crippen molar-refractivity contribution in [2.75, 3.05) is 19.8 Å². The van der Waals surface area contributed by atoms with E-state index in [1.807, 2.05) is 0 Å². The van der Waals surface area contributed by atoms with Crippen LogP contribution in [-0.2, 0) is 25.0 Å². The van der Waals surface area contributed by atoms with Crippen molar-refractivity contribution < 1.29 is 41.7 Å². The van der Waals surface area contributed by atoms with Crippen molar-refractivity contribution >= 4 is 11.9 Å². The summed E-state index contributed by atoms with van der Waals surface area (Å²) in [6.07, 6.45) is 10.9. The van der Waals surface area contributed by atoms with E-state index in [-0.39, 0.29) is 37.2 Å². The van der Waals surface area contributed by atoms with Gasteiger partial charge in [0.05, 0.1) is 18.1 Å². The molecule has 2 aliphatic rings. The summed E-state index contributed by atoms with van der Waals surface area (Å²) in [5, 5.41) is 9.09. The van der Waals surface area contributed by atoms with Crippen molar-refractivity contribution in [3.05, 3.63) is 59.7 Å². The Morgan fingerprint density at radius 3 is 1.91 bits per heavy atom. The lowest BCUT2D eigenvalue weighted by Crippen LogP contribution is -2.46. The van der Waals surface area contributed by atoms with Gasteiger partial charge in [-0.2, -0.15) is 17.6 Å². The first kappa shape index (κ1) is 36.8. The largest absolute Gasteiger partial charge is 0.462 e. The number of hydrogen-bond donors (Lipinski definition) is 1. The fourth-order valence-electron chi connectivity index (χ4n) is 6.88. The molecular formula is C36H50F4O5. The molecule has 0 bridgehead atoms. The number of alkyl halides is 4. The summed E-state index contributed by atoms with van der Waals surface area (Å²) in [5.74, 6) is -10.7. The Morgan fingerprint density at radius 1 is 0.867 bits per heavy atom. The molecule has 5 nitrogen and oxygen atoms in total. The second kappa shape index (κ2) is 16.8. The van der Waals surface area contributed by atoms with E-state index in [2.05, 4.69) is 20.1 Å². The number of hydrogen-bond acceptors (Lipinski definition) is 5. The topological polar surface area (TPSA) is 72.8 Å². The molecule has 0 radical (unpaired) electrons. The molecule has 252 valence electrons. The van der Waals surface area contributed by atoms with E-state index in [0.29, 0.717) is 30.2 Å². The third kappa shape index (κ3) is 9.66. The van der Waals surface area contributed by atoms with E-state index in [9.17, 15) is 9.59 Å². The number of halogens is 4. The highest BCUT2D eigenvalue weighted by Gasteiger charge is 2.61. The first-order valence-corrected chi connectivity index (χ1v) is 16.5. The minimum Gasteiger partial charge on any atom is -0.462 e. The zero-order chi connectivity index (χ0) is 33.2. The third-order valence-corrected chi connectivity index (χ3v) is 9.88. The predicted octanol–water partition coefficient (Wildman–Crippen LogP) is 8.90. The number of carbonyl (C=O) groups excluding carboxylic acids is 2. The van der Waals surface area contributed by atoms with Crippen molar-refractivity contribution in [3.8, 4) is 0 Å². The Labute approximate surface area is 265 Å². The van der Waals surface area contributed by atoms with Crippen LogP contribution >= 0.6 is 0 Å². The maximum atomic E-state index is 15.5. The quantitative estimate of drug-likeness (QED) is 0.0848. The minimum atomic E-state index is -4.38. The molecule has 2 saturated carbocycles. The summed E-state index contributed by atoms with van der Waals surface area (Å²) in [5.41, 5.74) is -0.515. The second-order valence-electron chi connectivity index (χ2n) is 13.1. The lowest BCUT2D eigenvalue weighted by Gasteiger charge is -2.41. The van der Waals surface area contributed by atoms with Gasteiger partial charge in [0.2, 0.25) is 0 Å². The number of rotatable bonds is 16. The minimum absolute atomic E-state index is 0.0857. The van der Waals surface area contributed by atoms with Gasteiger partial charge in [0.1, 0.15) is 13.2 Å². The van der Waals surface area contributed by atoms with Crippen LogP contribution in [0.5, 0.6) is 0 Å². The van der Waals surface area contributed by atoms with Crippen LogP contribution in [-0.4, -0.2) is 42.8 Å². The summed E-state index contributed by atoms with van der Waals surface area (Å²) < 4.78 is 72.2. The first-order valence-electron chi connectivity index (χ1n) is 16.5. The average Bonchev–Trinajstić information content (AvgIpc) is 3.04. The van der Waals surface area contributed by atoms with Gasteiger partial charge in [-0.3, -0.25) is 0 Å². The zero-order valence-corrected chi connectivity index (χ0v) is 26.8. The summed E-state index contributed by atoms with van der Waals surface area (Å²) in [7, 11) is 0. The Hall–Kier alpha value is -2.68. The van der Waals surface area contributed by atoms with Crippen LogP contribution < -0.4 is 0 Å². The van der Waals surface area contributed by atoms with Gasteiger partial charge in [0.15, 0.2) is 0 Å². The van der Waals surface area contributed by atoms with E-state index in [0.717, 1.165) is 30.9 Å². The van der Waals surface area contributed by atoms with Gasteiger partial charge in [-0.05, 0) is 68.8 Å². The third-order valence-electron chi connectivity index (χ3n) is 9.88. The summed E-state index contributed by atoms with van der Waals surface area (Å²) in [6, 6.07) is 4.41. The van der Waals surface area contributed by atoms with Crippen LogP contribution in [0.2, 0.25) is 0 Å². The smallest absolute Gasteiger partial charge is 0.335 e. The van der Waals surface area contributed by atoms with E-state index < -0.39 is 47.8 Å². The van der Waals surface area contributed by atoms with Crippen molar-refractivity contribution in [2.24, 2.45) is 23.7 Å². The molecule has 0 aromatic heterocycles. The van der Waals surface area contributed by atoms with Crippen LogP contribution in [0.15, 0.2) is 48.6 Å². The van der Waals surface area contributed by atoms with Crippen molar-refractivity contribution in [3.63, 3.8) is 0 Å². The molecule has 1 aromatic carbocycles. The molecule has 1 aromatic rings. The molecule has 1 N–H and O–H groups in total. The van der Waals surface area contributed by atoms with E-state index >= 15 is 17.6 Å². The molecule has 9 heteroatoms. The average molecular weight is 639 g/mol. The van der Waals surface area contributed by atoms with Gasteiger partial charge >= 0.3 is 23.8 Å². The van der Waals surface area contributed by atoms with E-state index in [1.165, 1.54) is 57.6 Å². The molecule has 2 fully saturated rings. The summed E-state index contributed by atoms with van der Waals surface area (Å²) in [6.45, 7) is 9.33. The lowest BCUT2D eigenvalue weighted by atomic mass is 9.67. The lowest BCUT2D eigenvalue weighted by molar-refractivity contribution is -0.249. The number of esters is 2. The molecule has 0 amide bonds. The number of ether oxygens (including phenoxy) is 2. The van der Waals surface area contributed by atoms with Gasteiger partial charge in [-0.15, -0.1) is 0 Å². The van der Waals surface area contributed by atoms with Gasteiger partial charge in [0, 0.05) is 17.1 Å². The molecule has 1 unspecified atom stereocenters. The summed E-state index contributed by atoms with van der Waals surface area (Å²) >= 11 is 0. The standard InChI is InChI=1S/C36H50F4O5/c1-5-6-7-8-26-9-11-27(12-10-26)28-13-17-31(18-14-28)35(37,38)36(39,40)32-19-15-29(16-20-32)30(22-44-33(42)24(2)3)23-45-34(43)25(4)21-41/h15-16,19-20,26-28,30-31,41H,2,4-14,17-18,21-23H2,1,3H3. The summed E-state index contributed by atoms with van der Waals surface area (Å²) in [4.78, 5) is 23.9. The van der Waals surface area contributed by atoms with E-state index in [4.69, 9.17) is 14.6 Å². The maximum Gasteiger partial charge on any atom is 0.335 e. The normalized spacial score (nSPS) is 23.2. The second-order valence-corrected chi connectivity index (χ2v) is 13.1. The molecule has 3 rings (SSSR count). The molecule has 0 saturated heterocycles. The van der Waals surface area contributed by atoms with Crippen molar-refractivity contribution in [1.82, 2.24) is 0 Å². The molecule has 0 heterocycles. The fraction of sp³-hybridized carbons (Fsp3) is 0.667. The van der Waals surface area contributed by atoms with Gasteiger partial charge < -0.3 is 14.6 Å². The molecular weight excluding hydrogens is 588 g/mol. The van der Waals surface area contributed by atoms with Gasteiger partial charge in [-0.25, -0.2) is 9.59 Å². The van der Waals surface area contributed by atoms with E-state index in [1.54, 1.807) is 0 Å². The van der Waals surface area contributed by atoms with Gasteiger partial charge in [0.25, 0.3) is 0 Å². The predicted molar refractivity (Wildman–Crippen MR) is 166 cm³/mol. The van der Waals surface area contributed by atoms with Crippen LogP contribution in [0, 0.1) is 23.7 Å². The number of unbranched alkanes of at least 4 members (excludes halogenated alkanes) is 2. The van der Waals surface area contributed by atoms with Crippen LogP contribution in [0.25, 0.3) is 0 Å². The van der Waals surface area contributed by atoms with Crippen molar-refractivity contribution in [1.29, 1.82) is 0 Å². The van der Waals surface area contributed by atoms with Crippen LogP contribution in [0.3, 0.4) is 0 Å². The Kier molecular flexibility index (Phi) is 13.7. The number of aliphatic hydroxyl groups is 1. The molecule has 2 aliphatic carbocycles. The monoisotopic (exact) mass is 638 g/mol. The SMILES string of the molecule is C=C(C)C(=O)OCC(COC(=O)C(=C)CO)c1ccc(C(F)(F)C(F)(F)C2CCC(C3CCC(CCCCC)CC3)CC2)cc1.